The fourth-order valence-corrected chi connectivity index (χ4v) is 3.39. The van der Waals surface area contributed by atoms with Crippen molar-refractivity contribution in [3.8, 4) is 0 Å². The standard InChI is InChI=1S/C15H23N3O2/c1-9(2)14-16-11-8-18(6-5-12(11)17(14)4)13-7-10(3)20-15(13)19/h9-10,13H,5-8H2,1-4H3/t10-,13+/m0/s1. The number of hydrogen-bond donors (Lipinski definition) is 0. The number of nitrogens with zero attached hydrogens (tertiary/aromatic N) is 3. The largest absolute Gasteiger partial charge is 0.461 e. The summed E-state index contributed by atoms with van der Waals surface area (Å²) in [6, 6.07) is -0.0809. The number of rotatable bonds is 2. The van der Waals surface area contributed by atoms with Crippen LogP contribution in [0, 0.1) is 0 Å². The molecule has 0 bridgehead atoms. The summed E-state index contributed by atoms with van der Waals surface area (Å²) in [7, 11) is 2.10. The van der Waals surface area contributed by atoms with Crippen molar-refractivity contribution in [1.29, 1.82) is 0 Å². The number of esters is 1. The van der Waals surface area contributed by atoms with E-state index in [-0.39, 0.29) is 18.1 Å². The molecule has 0 radical (unpaired) electrons. The molecule has 20 heavy (non-hydrogen) atoms. The van der Waals surface area contributed by atoms with E-state index in [2.05, 4.69) is 30.4 Å². The number of carbonyl (C=O) groups is 1. The molecule has 110 valence electrons. The zero-order chi connectivity index (χ0) is 14.4. The molecule has 3 heterocycles. The fraction of sp³-hybridized carbons (Fsp3) is 0.733. The summed E-state index contributed by atoms with van der Waals surface area (Å²) in [4.78, 5) is 18.9. The van der Waals surface area contributed by atoms with Crippen LogP contribution in [0.4, 0.5) is 0 Å². The molecule has 2 atom stereocenters. The van der Waals surface area contributed by atoms with Gasteiger partial charge in [0.05, 0.1) is 5.69 Å². The lowest BCUT2D eigenvalue weighted by Gasteiger charge is -2.29. The van der Waals surface area contributed by atoms with Crippen LogP contribution < -0.4 is 0 Å². The van der Waals surface area contributed by atoms with Crippen molar-refractivity contribution < 1.29 is 9.53 Å². The quantitative estimate of drug-likeness (QED) is 0.771. The van der Waals surface area contributed by atoms with Crippen LogP contribution in [0.15, 0.2) is 0 Å². The topological polar surface area (TPSA) is 47.4 Å². The summed E-state index contributed by atoms with van der Waals surface area (Å²) in [6.07, 6.45) is 1.81. The average Bonchev–Trinajstić information content (AvgIpc) is 2.89. The zero-order valence-electron chi connectivity index (χ0n) is 12.7. The lowest BCUT2D eigenvalue weighted by atomic mass is 10.1. The molecule has 1 aromatic heterocycles. The van der Waals surface area contributed by atoms with Crippen LogP contribution in [0.2, 0.25) is 0 Å². The third-order valence-electron chi connectivity index (χ3n) is 4.42. The Hall–Kier alpha value is -1.36. The van der Waals surface area contributed by atoms with Gasteiger partial charge in [-0.05, 0) is 6.92 Å². The van der Waals surface area contributed by atoms with E-state index >= 15 is 0 Å². The van der Waals surface area contributed by atoms with Gasteiger partial charge in [0.1, 0.15) is 18.0 Å². The van der Waals surface area contributed by atoms with Gasteiger partial charge in [-0.25, -0.2) is 4.98 Å². The van der Waals surface area contributed by atoms with Crippen LogP contribution in [0.25, 0.3) is 0 Å². The molecule has 1 fully saturated rings. The predicted octanol–water partition coefficient (Wildman–Crippen LogP) is 1.61. The van der Waals surface area contributed by atoms with Crippen molar-refractivity contribution in [2.75, 3.05) is 6.54 Å². The molecule has 0 spiro atoms. The van der Waals surface area contributed by atoms with E-state index < -0.39 is 0 Å². The Bertz CT molecular complexity index is 535. The average molecular weight is 277 g/mol. The summed E-state index contributed by atoms with van der Waals surface area (Å²) in [5.74, 6) is 1.50. The molecule has 5 nitrogen and oxygen atoms in total. The minimum absolute atomic E-state index is 0.0452. The Kier molecular flexibility index (Phi) is 3.32. The van der Waals surface area contributed by atoms with Crippen molar-refractivity contribution in [1.82, 2.24) is 14.5 Å². The van der Waals surface area contributed by atoms with E-state index in [1.807, 2.05) is 6.92 Å². The molecule has 0 N–H and O–H groups in total. The second-order valence-electron chi connectivity index (χ2n) is 6.30. The number of cyclic esters (lactones) is 1. The van der Waals surface area contributed by atoms with E-state index in [0.29, 0.717) is 5.92 Å². The molecule has 0 unspecified atom stereocenters. The van der Waals surface area contributed by atoms with E-state index in [1.54, 1.807) is 0 Å². The van der Waals surface area contributed by atoms with Crippen LogP contribution in [-0.2, 0) is 29.5 Å². The lowest BCUT2D eigenvalue weighted by molar-refractivity contribution is -0.145. The van der Waals surface area contributed by atoms with Crippen LogP contribution in [0.3, 0.4) is 0 Å². The van der Waals surface area contributed by atoms with Gasteiger partial charge in [-0.15, -0.1) is 0 Å². The first-order valence-electron chi connectivity index (χ1n) is 7.46. The number of aromatic nitrogens is 2. The lowest BCUT2D eigenvalue weighted by Crippen LogP contribution is -2.42. The summed E-state index contributed by atoms with van der Waals surface area (Å²) in [6.45, 7) is 7.98. The zero-order valence-corrected chi connectivity index (χ0v) is 12.7. The van der Waals surface area contributed by atoms with Crippen LogP contribution in [0.5, 0.6) is 0 Å². The number of imidazole rings is 1. The summed E-state index contributed by atoms with van der Waals surface area (Å²) < 4.78 is 7.51. The first-order valence-corrected chi connectivity index (χ1v) is 7.46. The van der Waals surface area contributed by atoms with Gasteiger partial charge in [-0.2, -0.15) is 0 Å². The minimum atomic E-state index is -0.0809. The highest BCUT2D eigenvalue weighted by Gasteiger charge is 2.38. The second kappa shape index (κ2) is 4.88. The Labute approximate surface area is 119 Å². The molecule has 0 saturated carbocycles. The van der Waals surface area contributed by atoms with Gasteiger partial charge in [0.25, 0.3) is 0 Å². The number of ether oxygens (including phenoxy) is 1. The van der Waals surface area contributed by atoms with Gasteiger partial charge < -0.3 is 9.30 Å². The Morgan fingerprint density at radius 3 is 2.75 bits per heavy atom. The number of fused-ring (bicyclic) bond motifs is 1. The van der Waals surface area contributed by atoms with Crippen molar-refractivity contribution in [2.45, 2.75) is 58.2 Å². The smallest absolute Gasteiger partial charge is 0.323 e. The highest BCUT2D eigenvalue weighted by molar-refractivity contribution is 5.78. The molecule has 3 rings (SSSR count). The molecular formula is C15H23N3O2. The van der Waals surface area contributed by atoms with E-state index in [0.717, 1.165) is 37.4 Å². The van der Waals surface area contributed by atoms with Crippen molar-refractivity contribution >= 4 is 5.97 Å². The maximum atomic E-state index is 11.9. The van der Waals surface area contributed by atoms with E-state index in [9.17, 15) is 4.79 Å². The molecule has 1 saturated heterocycles. The second-order valence-corrected chi connectivity index (χ2v) is 6.30. The highest BCUT2D eigenvalue weighted by atomic mass is 16.6. The molecule has 5 heteroatoms. The molecule has 1 aromatic rings. The Balaban J connectivity index is 1.82. The predicted molar refractivity (Wildman–Crippen MR) is 75.4 cm³/mol. The van der Waals surface area contributed by atoms with Gasteiger partial charge in [-0.3, -0.25) is 9.69 Å². The van der Waals surface area contributed by atoms with Crippen LogP contribution in [-0.4, -0.2) is 39.1 Å². The maximum absolute atomic E-state index is 11.9. The van der Waals surface area contributed by atoms with Gasteiger partial charge in [0.15, 0.2) is 0 Å². The third-order valence-corrected chi connectivity index (χ3v) is 4.42. The molecule has 2 aliphatic heterocycles. The van der Waals surface area contributed by atoms with Crippen LogP contribution in [0.1, 0.15) is 50.3 Å². The number of hydrogen-bond acceptors (Lipinski definition) is 4. The van der Waals surface area contributed by atoms with E-state index in [4.69, 9.17) is 9.72 Å². The summed E-state index contributed by atoms with van der Waals surface area (Å²) in [5.41, 5.74) is 2.46. The molecular weight excluding hydrogens is 254 g/mol. The van der Waals surface area contributed by atoms with Crippen molar-refractivity contribution in [2.24, 2.45) is 7.05 Å². The monoisotopic (exact) mass is 277 g/mol. The Morgan fingerprint density at radius 1 is 1.40 bits per heavy atom. The highest BCUT2D eigenvalue weighted by Crippen LogP contribution is 2.28. The first kappa shape index (κ1) is 13.6. The van der Waals surface area contributed by atoms with Crippen molar-refractivity contribution in [3.05, 3.63) is 17.2 Å². The van der Waals surface area contributed by atoms with Gasteiger partial charge in [0, 0.05) is 44.6 Å². The maximum Gasteiger partial charge on any atom is 0.323 e. The van der Waals surface area contributed by atoms with E-state index in [1.165, 1.54) is 5.69 Å². The number of carbonyl (C=O) groups excluding carboxylic acids is 1. The fourth-order valence-electron chi connectivity index (χ4n) is 3.39. The molecule has 2 aliphatic rings. The Morgan fingerprint density at radius 2 is 2.15 bits per heavy atom. The normalized spacial score (nSPS) is 26.9. The van der Waals surface area contributed by atoms with Crippen molar-refractivity contribution in [3.63, 3.8) is 0 Å². The van der Waals surface area contributed by atoms with Gasteiger partial charge in [-0.1, -0.05) is 13.8 Å². The van der Waals surface area contributed by atoms with Gasteiger partial charge >= 0.3 is 5.97 Å². The minimum Gasteiger partial charge on any atom is -0.461 e. The SMILES string of the molecule is CC(C)c1nc2c(n1C)CCN([C@@H]1C[C@H](C)OC1=O)C2. The first-order chi connectivity index (χ1) is 9.47. The third kappa shape index (κ3) is 2.14. The molecule has 0 aliphatic carbocycles. The molecule has 0 aromatic carbocycles. The van der Waals surface area contributed by atoms with Gasteiger partial charge in [0.2, 0.25) is 0 Å². The summed E-state index contributed by atoms with van der Waals surface area (Å²) >= 11 is 0. The summed E-state index contributed by atoms with van der Waals surface area (Å²) in [5, 5.41) is 0. The van der Waals surface area contributed by atoms with Crippen LogP contribution >= 0.6 is 0 Å². The molecule has 0 amide bonds.